The number of nitrogens with one attached hydrogen (secondary N) is 1. The monoisotopic (exact) mass is 398 g/mol. The van der Waals surface area contributed by atoms with E-state index in [-0.39, 0.29) is 11.5 Å². The van der Waals surface area contributed by atoms with Gasteiger partial charge in [0, 0.05) is 11.9 Å². The molecule has 1 aliphatic heterocycles. The zero-order chi connectivity index (χ0) is 19.7. The van der Waals surface area contributed by atoms with E-state index in [9.17, 15) is 9.59 Å². The maximum absolute atomic E-state index is 12.6. The summed E-state index contributed by atoms with van der Waals surface area (Å²) in [6.07, 6.45) is 3.48. The Morgan fingerprint density at radius 1 is 1.25 bits per heavy atom. The topological polar surface area (TPSA) is 62.6 Å². The zero-order valence-electron chi connectivity index (χ0n) is 16.4. The van der Waals surface area contributed by atoms with Crippen LogP contribution in [0, 0.1) is 12.8 Å². The van der Waals surface area contributed by atoms with Gasteiger partial charge < -0.3 is 14.6 Å². The lowest BCUT2D eigenvalue weighted by atomic mass is 9.99. The van der Waals surface area contributed by atoms with Crippen LogP contribution in [-0.4, -0.2) is 37.0 Å². The average molecular weight is 399 g/mol. The van der Waals surface area contributed by atoms with Gasteiger partial charge in [0.05, 0.1) is 15.0 Å². The van der Waals surface area contributed by atoms with Crippen molar-refractivity contribution in [3.05, 3.63) is 45.1 Å². The van der Waals surface area contributed by atoms with Crippen LogP contribution in [0.15, 0.2) is 33.5 Å². The second kappa shape index (κ2) is 8.05. The molecule has 148 valence electrons. The number of aryl methyl sites for hydroxylation is 1. The molecule has 3 aromatic rings. The number of piperidine rings is 1. The molecule has 1 aromatic carbocycles. The number of benzene rings is 1. The minimum Gasteiger partial charge on any atom is -0.422 e. The Morgan fingerprint density at radius 3 is 2.82 bits per heavy atom. The largest absolute Gasteiger partial charge is 0.422 e. The molecule has 0 atom stereocenters. The molecule has 0 radical (unpaired) electrons. The van der Waals surface area contributed by atoms with E-state index < -0.39 is 0 Å². The van der Waals surface area contributed by atoms with Crippen LogP contribution in [0.1, 0.15) is 41.4 Å². The fourth-order valence-electron chi connectivity index (χ4n) is 3.80. The lowest BCUT2D eigenvalue weighted by Crippen LogP contribution is -2.35. The minimum absolute atomic E-state index is 0.117. The van der Waals surface area contributed by atoms with Crippen LogP contribution in [0.25, 0.3) is 21.1 Å². The van der Waals surface area contributed by atoms with Crippen LogP contribution >= 0.6 is 11.3 Å². The molecule has 1 fully saturated rings. The van der Waals surface area contributed by atoms with Gasteiger partial charge in [0.2, 0.25) is 0 Å². The summed E-state index contributed by atoms with van der Waals surface area (Å²) in [5.41, 5.74) is 1.27. The summed E-state index contributed by atoms with van der Waals surface area (Å²) >= 11 is 1.36. The number of rotatable bonds is 5. The number of amides is 1. The molecule has 28 heavy (non-hydrogen) atoms. The number of hydrogen-bond acceptors (Lipinski definition) is 5. The molecule has 4 rings (SSSR count). The van der Waals surface area contributed by atoms with Gasteiger partial charge in [0.25, 0.3) is 5.91 Å². The quantitative estimate of drug-likeness (QED) is 0.518. The predicted molar refractivity (Wildman–Crippen MR) is 114 cm³/mol. The highest BCUT2D eigenvalue weighted by atomic mass is 32.1. The van der Waals surface area contributed by atoms with Gasteiger partial charge in [0.1, 0.15) is 5.58 Å². The van der Waals surface area contributed by atoms with Crippen molar-refractivity contribution in [2.45, 2.75) is 33.1 Å². The van der Waals surface area contributed by atoms with E-state index in [1.807, 2.05) is 25.1 Å². The van der Waals surface area contributed by atoms with E-state index in [1.165, 1.54) is 24.2 Å². The van der Waals surface area contributed by atoms with E-state index in [1.54, 1.807) is 6.07 Å². The van der Waals surface area contributed by atoms with Gasteiger partial charge in [-0.2, -0.15) is 0 Å². The Balaban J connectivity index is 1.43. The summed E-state index contributed by atoms with van der Waals surface area (Å²) in [6.45, 7) is 8.30. The van der Waals surface area contributed by atoms with E-state index in [2.05, 4.69) is 17.1 Å². The molecule has 3 heterocycles. The Morgan fingerprint density at radius 2 is 2.04 bits per heavy atom. The van der Waals surface area contributed by atoms with Gasteiger partial charge in [-0.15, -0.1) is 11.3 Å². The molecular weight excluding hydrogens is 372 g/mol. The third-order valence-electron chi connectivity index (χ3n) is 5.57. The van der Waals surface area contributed by atoms with Crippen molar-refractivity contribution < 1.29 is 9.21 Å². The highest BCUT2D eigenvalue weighted by Gasteiger charge is 2.17. The smallest absolute Gasteiger partial charge is 0.345 e. The molecule has 6 heteroatoms. The second-order valence-electron chi connectivity index (χ2n) is 7.88. The van der Waals surface area contributed by atoms with Crippen LogP contribution in [0.2, 0.25) is 0 Å². The number of nitrogens with zero attached hydrogens (tertiary/aromatic N) is 1. The molecule has 0 bridgehead atoms. The Kier molecular flexibility index (Phi) is 5.51. The molecule has 0 spiro atoms. The standard InChI is InChI=1S/C22H26N2O3S/c1-14-6-10-24(11-7-14)9-3-8-23-21(25)19-13-17-20(28-19)16-12-15(2)4-5-18(16)27-22(17)26/h4-5,12-14H,3,6-11H2,1-2H3,(H,23,25). The van der Waals surface area contributed by atoms with Crippen molar-refractivity contribution in [3.63, 3.8) is 0 Å². The molecule has 1 saturated heterocycles. The van der Waals surface area contributed by atoms with Gasteiger partial charge in [-0.05, 0) is 69.9 Å². The first-order chi connectivity index (χ1) is 13.5. The molecule has 0 saturated carbocycles. The van der Waals surface area contributed by atoms with Gasteiger partial charge in [-0.25, -0.2) is 4.79 Å². The van der Waals surface area contributed by atoms with E-state index in [0.717, 1.165) is 47.6 Å². The first kappa shape index (κ1) is 19.2. The molecule has 0 aliphatic carbocycles. The molecule has 5 nitrogen and oxygen atoms in total. The number of likely N-dealkylation sites (tertiary alicyclic amines) is 1. The molecule has 1 aliphatic rings. The highest BCUT2D eigenvalue weighted by Crippen LogP contribution is 2.31. The van der Waals surface area contributed by atoms with Gasteiger partial charge in [-0.1, -0.05) is 18.6 Å². The maximum Gasteiger partial charge on any atom is 0.345 e. The highest BCUT2D eigenvalue weighted by molar-refractivity contribution is 7.21. The van der Waals surface area contributed by atoms with Crippen LogP contribution in [0.3, 0.4) is 0 Å². The normalized spacial score (nSPS) is 16.1. The van der Waals surface area contributed by atoms with Crippen molar-refractivity contribution in [3.8, 4) is 0 Å². The maximum atomic E-state index is 12.6. The van der Waals surface area contributed by atoms with Crippen LogP contribution < -0.4 is 10.9 Å². The lowest BCUT2D eigenvalue weighted by molar-refractivity contribution is 0.0954. The van der Waals surface area contributed by atoms with Gasteiger partial charge in [-0.3, -0.25) is 4.79 Å². The van der Waals surface area contributed by atoms with Crippen LogP contribution in [0.4, 0.5) is 0 Å². The summed E-state index contributed by atoms with van der Waals surface area (Å²) in [6, 6.07) is 7.39. The summed E-state index contributed by atoms with van der Waals surface area (Å²) in [5, 5.41) is 4.37. The van der Waals surface area contributed by atoms with Crippen molar-refractivity contribution in [2.24, 2.45) is 5.92 Å². The third kappa shape index (κ3) is 3.98. The lowest BCUT2D eigenvalue weighted by Gasteiger charge is -2.30. The van der Waals surface area contributed by atoms with E-state index in [4.69, 9.17) is 4.42 Å². The Bertz CT molecular complexity index is 1060. The second-order valence-corrected chi connectivity index (χ2v) is 8.93. The first-order valence-corrected chi connectivity index (χ1v) is 10.8. The Hall–Kier alpha value is -2.18. The average Bonchev–Trinajstić information content (AvgIpc) is 3.14. The van der Waals surface area contributed by atoms with E-state index >= 15 is 0 Å². The number of carbonyl (C=O) groups excluding carboxylic acids is 1. The summed E-state index contributed by atoms with van der Waals surface area (Å²) < 4.78 is 6.23. The number of fused-ring (bicyclic) bond motifs is 3. The fraction of sp³-hybridized carbons (Fsp3) is 0.455. The van der Waals surface area contributed by atoms with Crippen molar-refractivity contribution >= 4 is 38.3 Å². The summed E-state index contributed by atoms with van der Waals surface area (Å²) in [5.74, 6) is 0.718. The summed E-state index contributed by atoms with van der Waals surface area (Å²) in [7, 11) is 0. The minimum atomic E-state index is -0.388. The third-order valence-corrected chi connectivity index (χ3v) is 6.74. The van der Waals surface area contributed by atoms with Crippen LogP contribution in [-0.2, 0) is 0 Å². The molecule has 1 N–H and O–H groups in total. The zero-order valence-corrected chi connectivity index (χ0v) is 17.2. The van der Waals surface area contributed by atoms with Gasteiger partial charge >= 0.3 is 5.63 Å². The summed E-state index contributed by atoms with van der Waals surface area (Å²) in [4.78, 5) is 27.9. The molecule has 1 amide bonds. The first-order valence-electron chi connectivity index (χ1n) is 9.99. The van der Waals surface area contributed by atoms with Crippen LogP contribution in [0.5, 0.6) is 0 Å². The van der Waals surface area contributed by atoms with Gasteiger partial charge in [0.15, 0.2) is 0 Å². The Labute approximate surface area is 168 Å². The molecule has 2 aromatic heterocycles. The SMILES string of the molecule is Cc1ccc2oc(=O)c3cc(C(=O)NCCCN4CCC(C)CC4)sc3c2c1. The van der Waals surface area contributed by atoms with Crippen molar-refractivity contribution in [1.29, 1.82) is 0 Å². The van der Waals surface area contributed by atoms with Crippen molar-refractivity contribution in [2.75, 3.05) is 26.2 Å². The number of hydrogen-bond donors (Lipinski definition) is 1. The van der Waals surface area contributed by atoms with E-state index in [0.29, 0.717) is 22.4 Å². The predicted octanol–water partition coefficient (Wildman–Crippen LogP) is 4.17. The van der Waals surface area contributed by atoms with Crippen molar-refractivity contribution in [1.82, 2.24) is 10.2 Å². The molecule has 0 unspecified atom stereocenters. The number of carbonyl (C=O) groups is 1. The molecular formula is C22H26N2O3S. The number of thiophene rings is 1. The fourth-order valence-corrected chi connectivity index (χ4v) is 4.88.